The Morgan fingerprint density at radius 3 is 2.89 bits per heavy atom. The van der Waals surface area contributed by atoms with Gasteiger partial charge in [0.15, 0.2) is 0 Å². The van der Waals surface area contributed by atoms with Crippen molar-refractivity contribution in [2.45, 2.75) is 31.8 Å². The summed E-state index contributed by atoms with van der Waals surface area (Å²) < 4.78 is 0. The second-order valence-electron chi connectivity index (χ2n) is 5.16. The highest BCUT2D eigenvalue weighted by Gasteiger charge is 2.29. The summed E-state index contributed by atoms with van der Waals surface area (Å²) in [5.74, 6) is -0.170. The zero-order valence-corrected chi connectivity index (χ0v) is 12.1. The smallest absolute Gasteiger partial charge is 0.253 e. The van der Waals surface area contributed by atoms with Gasteiger partial charge in [0.2, 0.25) is 0 Å². The van der Waals surface area contributed by atoms with E-state index in [1.807, 2.05) is 0 Å². The number of amides is 1. The zero-order chi connectivity index (χ0) is 14.0. The second kappa shape index (κ2) is 5.80. The van der Waals surface area contributed by atoms with Gasteiger partial charge in [0.1, 0.15) is 0 Å². The lowest BCUT2D eigenvalue weighted by atomic mass is 10.1. The van der Waals surface area contributed by atoms with Crippen molar-refractivity contribution in [1.29, 1.82) is 0 Å². The van der Waals surface area contributed by atoms with Gasteiger partial charge in [-0.05, 0) is 38.9 Å². The van der Waals surface area contributed by atoms with Crippen LogP contribution in [0.4, 0.5) is 5.69 Å². The predicted octanol–water partition coefficient (Wildman–Crippen LogP) is 2.13. The van der Waals surface area contributed by atoms with E-state index in [4.69, 9.17) is 17.3 Å². The van der Waals surface area contributed by atoms with Crippen molar-refractivity contribution in [1.82, 2.24) is 10.2 Å². The number of nitrogens with one attached hydrogen (secondary N) is 1. The van der Waals surface area contributed by atoms with Crippen LogP contribution in [0.1, 0.15) is 30.1 Å². The molecule has 0 radical (unpaired) electrons. The van der Waals surface area contributed by atoms with E-state index in [0.717, 1.165) is 0 Å². The SMILES string of the molecule is CC(CNC(=O)c1cccc(Cl)c1N)N(C)C1CC1. The lowest BCUT2D eigenvalue weighted by Gasteiger charge is -2.24. The van der Waals surface area contributed by atoms with Crippen LogP contribution in [0.25, 0.3) is 0 Å². The molecule has 0 heterocycles. The maximum absolute atomic E-state index is 12.1. The van der Waals surface area contributed by atoms with Crippen LogP contribution in [0.15, 0.2) is 18.2 Å². The normalized spacial score (nSPS) is 16.4. The highest BCUT2D eigenvalue weighted by molar-refractivity contribution is 6.33. The highest BCUT2D eigenvalue weighted by Crippen LogP contribution is 2.27. The van der Waals surface area contributed by atoms with Crippen LogP contribution in [0.5, 0.6) is 0 Å². The van der Waals surface area contributed by atoms with Gasteiger partial charge >= 0.3 is 0 Å². The van der Waals surface area contributed by atoms with Crippen molar-refractivity contribution >= 4 is 23.2 Å². The van der Waals surface area contributed by atoms with Gasteiger partial charge in [0.25, 0.3) is 5.91 Å². The fraction of sp³-hybridized carbons (Fsp3) is 0.500. The summed E-state index contributed by atoms with van der Waals surface area (Å²) in [5.41, 5.74) is 6.58. The Bertz CT molecular complexity index is 474. The number of carbonyl (C=O) groups excluding carboxylic acids is 1. The molecule has 4 nitrogen and oxygen atoms in total. The summed E-state index contributed by atoms with van der Waals surface area (Å²) >= 11 is 5.91. The molecule has 0 aliphatic heterocycles. The average Bonchev–Trinajstić information content (AvgIpc) is 3.22. The third kappa shape index (κ3) is 3.39. The molecule has 0 spiro atoms. The van der Waals surface area contributed by atoms with Gasteiger partial charge in [0.05, 0.1) is 16.3 Å². The van der Waals surface area contributed by atoms with Gasteiger partial charge < -0.3 is 11.1 Å². The Balaban J connectivity index is 1.92. The Kier molecular flexibility index (Phi) is 4.32. The molecule has 1 aliphatic rings. The van der Waals surface area contributed by atoms with Gasteiger partial charge in [-0.15, -0.1) is 0 Å². The monoisotopic (exact) mass is 281 g/mol. The fourth-order valence-corrected chi connectivity index (χ4v) is 2.23. The third-order valence-electron chi connectivity index (χ3n) is 3.67. The van der Waals surface area contributed by atoms with E-state index in [9.17, 15) is 4.79 Å². The first-order valence-electron chi connectivity index (χ1n) is 6.55. The average molecular weight is 282 g/mol. The molecule has 104 valence electrons. The van der Waals surface area contributed by atoms with E-state index in [2.05, 4.69) is 24.2 Å². The lowest BCUT2D eigenvalue weighted by Crippen LogP contribution is -2.41. The number of hydrogen-bond acceptors (Lipinski definition) is 3. The summed E-state index contributed by atoms with van der Waals surface area (Å²) in [4.78, 5) is 14.4. The first-order chi connectivity index (χ1) is 9.00. The largest absolute Gasteiger partial charge is 0.397 e. The van der Waals surface area contributed by atoms with E-state index in [-0.39, 0.29) is 5.91 Å². The zero-order valence-electron chi connectivity index (χ0n) is 11.3. The Labute approximate surface area is 118 Å². The van der Waals surface area contributed by atoms with Gasteiger partial charge in [-0.2, -0.15) is 0 Å². The molecule has 2 rings (SSSR count). The number of nitrogens with zero attached hydrogens (tertiary/aromatic N) is 1. The molecule has 1 atom stereocenters. The van der Waals surface area contributed by atoms with Crippen molar-refractivity contribution in [3.63, 3.8) is 0 Å². The van der Waals surface area contributed by atoms with E-state index in [0.29, 0.717) is 34.9 Å². The topological polar surface area (TPSA) is 58.4 Å². The number of rotatable bonds is 5. The third-order valence-corrected chi connectivity index (χ3v) is 4.00. The first kappa shape index (κ1) is 14.2. The summed E-state index contributed by atoms with van der Waals surface area (Å²) in [7, 11) is 2.10. The number of benzene rings is 1. The van der Waals surface area contributed by atoms with Crippen LogP contribution in [-0.4, -0.2) is 36.5 Å². The molecule has 1 saturated carbocycles. The Morgan fingerprint density at radius 2 is 2.26 bits per heavy atom. The summed E-state index contributed by atoms with van der Waals surface area (Å²) in [6, 6.07) is 6.09. The Morgan fingerprint density at radius 1 is 1.58 bits per heavy atom. The van der Waals surface area contributed by atoms with E-state index < -0.39 is 0 Å². The van der Waals surface area contributed by atoms with Crippen molar-refractivity contribution < 1.29 is 4.79 Å². The first-order valence-corrected chi connectivity index (χ1v) is 6.92. The minimum atomic E-state index is -0.170. The number of nitrogen functional groups attached to an aromatic ring is 1. The van der Waals surface area contributed by atoms with E-state index >= 15 is 0 Å². The van der Waals surface area contributed by atoms with Crippen LogP contribution in [0.2, 0.25) is 5.02 Å². The second-order valence-corrected chi connectivity index (χ2v) is 5.56. The predicted molar refractivity (Wildman–Crippen MR) is 78.4 cm³/mol. The Hall–Kier alpha value is -1.26. The number of carbonyl (C=O) groups is 1. The minimum absolute atomic E-state index is 0.170. The van der Waals surface area contributed by atoms with E-state index in [1.54, 1.807) is 18.2 Å². The molecular formula is C14H20ClN3O. The van der Waals surface area contributed by atoms with Crippen LogP contribution in [0, 0.1) is 0 Å². The van der Waals surface area contributed by atoms with Crippen molar-refractivity contribution in [2.75, 3.05) is 19.3 Å². The molecule has 1 amide bonds. The summed E-state index contributed by atoms with van der Waals surface area (Å²) in [5, 5.41) is 3.32. The number of hydrogen-bond donors (Lipinski definition) is 2. The van der Waals surface area contributed by atoms with Gasteiger partial charge in [-0.3, -0.25) is 9.69 Å². The fourth-order valence-electron chi connectivity index (χ4n) is 2.06. The van der Waals surface area contributed by atoms with Crippen LogP contribution in [-0.2, 0) is 0 Å². The molecule has 0 bridgehead atoms. The van der Waals surface area contributed by atoms with Gasteiger partial charge in [-0.25, -0.2) is 0 Å². The van der Waals surface area contributed by atoms with E-state index in [1.165, 1.54) is 12.8 Å². The van der Waals surface area contributed by atoms with Crippen LogP contribution in [0.3, 0.4) is 0 Å². The maximum atomic E-state index is 12.1. The number of para-hydroxylation sites is 1. The molecule has 5 heteroatoms. The van der Waals surface area contributed by atoms with Crippen LogP contribution < -0.4 is 11.1 Å². The number of nitrogens with two attached hydrogens (primary N) is 1. The summed E-state index contributed by atoms with van der Waals surface area (Å²) in [6.45, 7) is 2.72. The standard InChI is InChI=1S/C14H20ClN3O/c1-9(18(2)10-6-7-10)8-17-14(19)11-4-3-5-12(15)13(11)16/h3-5,9-10H,6-8,16H2,1-2H3,(H,17,19). The molecule has 1 fully saturated rings. The highest BCUT2D eigenvalue weighted by atomic mass is 35.5. The number of likely N-dealkylation sites (N-methyl/N-ethyl adjacent to an activating group) is 1. The molecule has 1 aromatic carbocycles. The molecule has 3 N–H and O–H groups in total. The van der Waals surface area contributed by atoms with Gasteiger partial charge in [0, 0.05) is 18.6 Å². The quantitative estimate of drug-likeness (QED) is 0.813. The minimum Gasteiger partial charge on any atom is -0.397 e. The van der Waals surface area contributed by atoms with Crippen LogP contribution >= 0.6 is 11.6 Å². The molecule has 1 unspecified atom stereocenters. The lowest BCUT2D eigenvalue weighted by molar-refractivity contribution is 0.0940. The molecule has 19 heavy (non-hydrogen) atoms. The van der Waals surface area contributed by atoms with Gasteiger partial charge in [-0.1, -0.05) is 17.7 Å². The summed E-state index contributed by atoms with van der Waals surface area (Å²) in [6.07, 6.45) is 2.52. The molecule has 0 saturated heterocycles. The molecule has 0 aromatic heterocycles. The van der Waals surface area contributed by atoms with Crippen molar-refractivity contribution in [3.8, 4) is 0 Å². The van der Waals surface area contributed by atoms with Crippen molar-refractivity contribution in [3.05, 3.63) is 28.8 Å². The molecular weight excluding hydrogens is 262 g/mol. The number of anilines is 1. The van der Waals surface area contributed by atoms with Crippen molar-refractivity contribution in [2.24, 2.45) is 0 Å². The maximum Gasteiger partial charge on any atom is 0.253 e. The molecule has 1 aromatic rings. The number of halogens is 1. The molecule has 1 aliphatic carbocycles.